The molecule has 16 nitrogen and oxygen atoms in total. The van der Waals surface area contributed by atoms with Gasteiger partial charge in [0.2, 0.25) is 5.91 Å². The average molecular weight is 876 g/mol. The topological polar surface area (TPSA) is 209 Å². The number of aliphatic hydroxyl groups is 5. The Morgan fingerprint density at radius 1 is 0.951 bits per heavy atom. The molecular weight excluding hydrogens is 791 g/mol. The van der Waals surface area contributed by atoms with E-state index in [2.05, 4.69) is 5.32 Å². The first-order valence-corrected chi connectivity index (χ1v) is 22.9. The first-order valence-electron chi connectivity index (χ1n) is 22.9. The molecule has 0 radical (unpaired) electrons. The third kappa shape index (κ3) is 13.7. The van der Waals surface area contributed by atoms with E-state index < -0.39 is 96.0 Å². The Kier molecular flexibility index (Phi) is 20.3. The lowest BCUT2D eigenvalue weighted by molar-refractivity contribution is -0.318. The van der Waals surface area contributed by atoms with Crippen LogP contribution in [-0.2, 0) is 38.0 Å². The summed E-state index contributed by atoms with van der Waals surface area (Å²) in [6.07, 6.45) is -6.03. The quantitative estimate of drug-likeness (QED) is 0.110. The second kappa shape index (κ2) is 23.1. The Morgan fingerprint density at radius 2 is 1.61 bits per heavy atom. The number of nitrogens with one attached hydrogen (secondary N) is 1. The van der Waals surface area contributed by atoms with Gasteiger partial charge in [-0.25, -0.2) is 0 Å². The summed E-state index contributed by atoms with van der Waals surface area (Å²) in [5.74, 6) is -2.80. The summed E-state index contributed by atoms with van der Waals surface area (Å²) in [4.78, 5) is 30.8. The molecule has 0 aromatic heterocycles. The van der Waals surface area contributed by atoms with Crippen molar-refractivity contribution in [1.29, 1.82) is 0 Å². The highest BCUT2D eigenvalue weighted by atomic mass is 16.7. The number of carbonyl (C=O) groups excluding carboxylic acids is 2. The summed E-state index contributed by atoms with van der Waals surface area (Å²) < 4.78 is 37.9. The molecule has 16 heteroatoms. The zero-order valence-corrected chi connectivity index (χ0v) is 39.8. The normalized spacial score (nSPS) is 43.9. The predicted molar refractivity (Wildman–Crippen MR) is 230 cm³/mol. The van der Waals surface area contributed by atoms with E-state index in [1.807, 2.05) is 58.5 Å². The third-order valence-corrected chi connectivity index (χ3v) is 13.7. The van der Waals surface area contributed by atoms with Gasteiger partial charge in [0, 0.05) is 57.6 Å². The maximum absolute atomic E-state index is 14.5. The van der Waals surface area contributed by atoms with E-state index in [9.17, 15) is 35.1 Å². The van der Waals surface area contributed by atoms with Crippen LogP contribution in [0.4, 0.5) is 0 Å². The molecule has 3 heterocycles. The molecule has 3 fully saturated rings. The molecule has 0 aromatic carbocycles. The zero-order chi connectivity index (χ0) is 46.2. The minimum Gasteiger partial charge on any atom is -0.459 e. The molecule has 358 valence electrons. The molecule has 0 unspecified atom stereocenters. The van der Waals surface area contributed by atoms with Crippen LogP contribution in [0.2, 0.25) is 0 Å². The molecule has 0 bridgehead atoms. The van der Waals surface area contributed by atoms with Crippen LogP contribution in [0.1, 0.15) is 128 Å². The Labute approximate surface area is 366 Å². The largest absolute Gasteiger partial charge is 0.459 e. The van der Waals surface area contributed by atoms with Crippen LogP contribution in [0, 0.1) is 17.8 Å². The number of likely N-dealkylation sites (N-methyl/N-ethyl adjacent to an activating group) is 1. The highest BCUT2D eigenvalue weighted by molar-refractivity contribution is 5.75. The zero-order valence-electron chi connectivity index (χ0n) is 39.8. The predicted octanol–water partition coefficient (Wildman–Crippen LogP) is 2.97. The van der Waals surface area contributed by atoms with Crippen molar-refractivity contribution in [3.8, 4) is 0 Å². The molecule has 6 N–H and O–H groups in total. The van der Waals surface area contributed by atoms with Gasteiger partial charge >= 0.3 is 5.97 Å². The van der Waals surface area contributed by atoms with Crippen molar-refractivity contribution in [1.82, 2.24) is 15.1 Å². The minimum atomic E-state index is -1.88. The molecule has 0 saturated carbocycles. The number of rotatable bonds is 14. The van der Waals surface area contributed by atoms with Crippen LogP contribution in [0.3, 0.4) is 0 Å². The van der Waals surface area contributed by atoms with Crippen molar-refractivity contribution in [3.63, 3.8) is 0 Å². The maximum atomic E-state index is 14.5. The molecule has 3 rings (SSSR count). The van der Waals surface area contributed by atoms with Crippen LogP contribution >= 0.6 is 0 Å². The van der Waals surface area contributed by atoms with Crippen LogP contribution in [0.5, 0.6) is 0 Å². The number of ether oxygens (including phenoxy) is 6. The fraction of sp³-hybridized carbons (Fsp3) is 0.956. The minimum absolute atomic E-state index is 0.0168. The van der Waals surface area contributed by atoms with Gasteiger partial charge in [-0.15, -0.1) is 0 Å². The van der Waals surface area contributed by atoms with Gasteiger partial charge in [-0.1, -0.05) is 34.1 Å². The lowest BCUT2D eigenvalue weighted by Gasteiger charge is -2.48. The van der Waals surface area contributed by atoms with Crippen molar-refractivity contribution in [2.75, 3.05) is 40.8 Å². The van der Waals surface area contributed by atoms with Gasteiger partial charge < -0.3 is 64.2 Å². The Morgan fingerprint density at radius 3 is 2.20 bits per heavy atom. The van der Waals surface area contributed by atoms with E-state index >= 15 is 0 Å². The van der Waals surface area contributed by atoms with E-state index in [1.54, 1.807) is 34.6 Å². The van der Waals surface area contributed by atoms with E-state index in [0.717, 1.165) is 12.8 Å². The summed E-state index contributed by atoms with van der Waals surface area (Å²) >= 11 is 0. The Balaban J connectivity index is 2.15. The molecule has 3 aliphatic rings. The van der Waals surface area contributed by atoms with E-state index in [4.69, 9.17) is 28.4 Å². The number of hydrogen-bond donors (Lipinski definition) is 6. The van der Waals surface area contributed by atoms with Crippen molar-refractivity contribution in [2.24, 2.45) is 17.8 Å². The van der Waals surface area contributed by atoms with Crippen molar-refractivity contribution in [3.05, 3.63) is 0 Å². The number of esters is 1. The van der Waals surface area contributed by atoms with Crippen LogP contribution < -0.4 is 5.32 Å². The molecule has 0 aromatic rings. The Hall–Kier alpha value is -1.54. The maximum Gasteiger partial charge on any atom is 0.311 e. The average Bonchev–Trinajstić information content (AvgIpc) is 3.19. The van der Waals surface area contributed by atoms with E-state index in [-0.39, 0.29) is 43.2 Å². The monoisotopic (exact) mass is 876 g/mol. The molecule has 3 aliphatic heterocycles. The Bertz CT molecular complexity index is 1360. The number of unbranched alkanes of at least 4 members (excludes halogenated alkanes) is 1. The molecule has 61 heavy (non-hydrogen) atoms. The number of aliphatic hydroxyl groups excluding tert-OH is 3. The summed E-state index contributed by atoms with van der Waals surface area (Å²) in [6.45, 7) is 20.9. The van der Waals surface area contributed by atoms with E-state index in [0.29, 0.717) is 38.9 Å². The van der Waals surface area contributed by atoms with Crippen LogP contribution in [-0.4, -0.2) is 178 Å². The summed E-state index contributed by atoms with van der Waals surface area (Å²) in [6, 6.07) is -0.940. The number of carbonyl (C=O) groups is 2. The first-order chi connectivity index (χ1) is 28.3. The summed E-state index contributed by atoms with van der Waals surface area (Å²) in [5, 5.41) is 62.5. The lowest BCUT2D eigenvalue weighted by atomic mass is 9.77. The summed E-state index contributed by atoms with van der Waals surface area (Å²) in [5.41, 5.74) is -4.56. The molecular formula is C45H85N3O13. The van der Waals surface area contributed by atoms with Gasteiger partial charge in [0.15, 0.2) is 12.6 Å². The molecule has 0 aliphatic carbocycles. The smallest absolute Gasteiger partial charge is 0.311 e. The van der Waals surface area contributed by atoms with Crippen LogP contribution in [0.25, 0.3) is 0 Å². The van der Waals surface area contributed by atoms with Gasteiger partial charge in [0.25, 0.3) is 0 Å². The van der Waals surface area contributed by atoms with Crippen molar-refractivity contribution < 1.29 is 63.5 Å². The number of nitrogens with zero attached hydrogens (tertiary/aromatic N) is 2. The SMILES string of the molecule is CCCCC(=O)NCCCN1C[C@H](C)C[C@@](C)(O)[C@H](O[C@@H]2O[C@H](C)C[C@H](N(C)C)[C@H]2O)[C@@H](C)[C@H](O[C@H]2C[C@@](C)(OC)[C@@H](O)[C@H](C)O2)[C@@H](C)C(=O)O[C@H](CC)[C@@](C)(O)[C@H](O)[C@H]1C. The van der Waals surface area contributed by atoms with Gasteiger partial charge in [-0.3, -0.25) is 14.5 Å². The first kappa shape index (κ1) is 53.8. The fourth-order valence-corrected chi connectivity index (χ4v) is 9.83. The van der Waals surface area contributed by atoms with Gasteiger partial charge in [0.05, 0.1) is 41.5 Å². The molecule has 1 amide bonds. The third-order valence-electron chi connectivity index (χ3n) is 13.7. The second-order valence-electron chi connectivity index (χ2n) is 19.5. The standard InChI is InChI=1S/C45H85N3O13/c1-15-17-19-34(49)46-20-18-21-48-25-26(3)23-43(9,54)40(61-42-36(50)32(47(12)13)22-27(4)57-42)28(5)37(60-35-24-44(10,56-14)39(52)31(8)58-35)29(6)41(53)59-33(16-2)45(11,55)38(51)30(48)7/h26-33,35-40,42,50-52,54-55H,15-25H2,1-14H3,(H,46,49)/t26-,27-,28+,29-,30-,31+,32+,33-,35+,36-,37+,38-,39+,40-,42+,43-,44-,45-/m1/s1. The fourth-order valence-electron chi connectivity index (χ4n) is 9.83. The highest BCUT2D eigenvalue weighted by Gasteiger charge is 2.53. The number of hydrogen-bond acceptors (Lipinski definition) is 15. The molecule has 3 saturated heterocycles. The number of amides is 1. The highest BCUT2D eigenvalue weighted by Crippen LogP contribution is 2.40. The van der Waals surface area contributed by atoms with Gasteiger partial charge in [-0.05, 0) is 101 Å². The number of cyclic esters (lactones) is 1. The van der Waals surface area contributed by atoms with Crippen molar-refractivity contribution in [2.45, 2.75) is 218 Å². The van der Waals surface area contributed by atoms with Gasteiger partial charge in [0.1, 0.15) is 30.0 Å². The molecule has 18 atom stereocenters. The van der Waals surface area contributed by atoms with Gasteiger partial charge in [-0.2, -0.15) is 0 Å². The second-order valence-corrected chi connectivity index (χ2v) is 19.5. The van der Waals surface area contributed by atoms with Crippen LogP contribution in [0.15, 0.2) is 0 Å². The van der Waals surface area contributed by atoms with E-state index in [1.165, 1.54) is 14.0 Å². The summed E-state index contributed by atoms with van der Waals surface area (Å²) in [7, 11) is 5.27. The van der Waals surface area contributed by atoms with Crippen molar-refractivity contribution >= 4 is 11.9 Å². The lowest BCUT2D eigenvalue weighted by Crippen LogP contribution is -2.60. The molecule has 0 spiro atoms. The number of methoxy groups -OCH3 is 1.